The van der Waals surface area contributed by atoms with Crippen molar-refractivity contribution in [2.24, 2.45) is 0 Å². The Morgan fingerprint density at radius 1 is 1.40 bits per heavy atom. The fourth-order valence-corrected chi connectivity index (χ4v) is 2.24. The second-order valence-electron chi connectivity index (χ2n) is 4.24. The summed E-state index contributed by atoms with van der Waals surface area (Å²) >= 11 is 8.96. The highest BCUT2D eigenvalue weighted by atomic mass is 79.9. The van der Waals surface area contributed by atoms with Crippen molar-refractivity contribution in [2.75, 3.05) is 11.1 Å². The molecule has 2 aromatic carbocycles. The summed E-state index contributed by atoms with van der Waals surface area (Å²) in [6.07, 6.45) is 0. The minimum atomic E-state index is -0.607. The number of carbonyl (C=O) groups is 1. The first-order chi connectivity index (χ1) is 9.40. The van der Waals surface area contributed by atoms with Crippen molar-refractivity contribution >= 4 is 44.8 Å². The van der Waals surface area contributed by atoms with Gasteiger partial charge in [-0.05, 0) is 52.7 Å². The zero-order valence-corrected chi connectivity index (χ0v) is 12.8. The molecule has 0 atom stereocenters. The number of halogens is 3. The summed E-state index contributed by atoms with van der Waals surface area (Å²) < 4.78 is 14.1. The SMILES string of the molecule is Cc1cc(N)c(Cl)cc1NC(=O)c1cccc(Br)c1F. The van der Waals surface area contributed by atoms with Crippen LogP contribution in [0.15, 0.2) is 34.8 Å². The molecule has 6 heteroatoms. The van der Waals surface area contributed by atoms with Crippen LogP contribution in [0.25, 0.3) is 0 Å². The summed E-state index contributed by atoms with van der Waals surface area (Å²) in [7, 11) is 0. The number of hydrogen-bond acceptors (Lipinski definition) is 2. The molecule has 0 unspecified atom stereocenters. The molecule has 0 aromatic heterocycles. The highest BCUT2D eigenvalue weighted by Crippen LogP contribution is 2.27. The van der Waals surface area contributed by atoms with Gasteiger partial charge in [0, 0.05) is 5.69 Å². The second kappa shape index (κ2) is 5.81. The zero-order valence-electron chi connectivity index (χ0n) is 10.5. The first kappa shape index (κ1) is 14.8. The fraction of sp³-hybridized carbons (Fsp3) is 0.0714. The van der Waals surface area contributed by atoms with Crippen LogP contribution >= 0.6 is 27.5 Å². The molecule has 3 nitrogen and oxygen atoms in total. The Kier molecular flexibility index (Phi) is 4.30. The third-order valence-corrected chi connectivity index (χ3v) is 3.73. The smallest absolute Gasteiger partial charge is 0.258 e. The molecule has 2 rings (SSSR count). The third-order valence-electron chi connectivity index (χ3n) is 2.79. The predicted molar refractivity (Wildman–Crippen MR) is 82.7 cm³/mol. The average Bonchev–Trinajstić information content (AvgIpc) is 2.39. The normalized spacial score (nSPS) is 10.4. The lowest BCUT2D eigenvalue weighted by molar-refractivity contribution is 0.102. The number of aryl methyl sites for hydroxylation is 1. The second-order valence-corrected chi connectivity index (χ2v) is 5.51. The van der Waals surface area contributed by atoms with Crippen molar-refractivity contribution < 1.29 is 9.18 Å². The van der Waals surface area contributed by atoms with E-state index >= 15 is 0 Å². The minimum absolute atomic E-state index is 0.0493. The highest BCUT2D eigenvalue weighted by molar-refractivity contribution is 9.10. The molecule has 0 aliphatic heterocycles. The van der Waals surface area contributed by atoms with E-state index in [0.717, 1.165) is 5.56 Å². The van der Waals surface area contributed by atoms with Crippen LogP contribution in [0, 0.1) is 12.7 Å². The average molecular weight is 358 g/mol. The van der Waals surface area contributed by atoms with Crippen LogP contribution in [-0.4, -0.2) is 5.91 Å². The topological polar surface area (TPSA) is 55.1 Å². The molecule has 0 aliphatic rings. The van der Waals surface area contributed by atoms with E-state index in [1.54, 1.807) is 25.1 Å². The van der Waals surface area contributed by atoms with Crippen molar-refractivity contribution in [3.05, 3.63) is 56.8 Å². The first-order valence-electron chi connectivity index (χ1n) is 5.71. The zero-order chi connectivity index (χ0) is 14.9. The van der Waals surface area contributed by atoms with E-state index in [1.807, 2.05) is 0 Å². The molecule has 0 aliphatic carbocycles. The molecule has 0 saturated carbocycles. The number of nitrogens with two attached hydrogens (primary N) is 1. The van der Waals surface area contributed by atoms with E-state index in [9.17, 15) is 9.18 Å². The maximum absolute atomic E-state index is 13.8. The van der Waals surface area contributed by atoms with Gasteiger partial charge in [0.25, 0.3) is 5.91 Å². The van der Waals surface area contributed by atoms with E-state index in [-0.39, 0.29) is 10.0 Å². The maximum atomic E-state index is 13.8. The Balaban J connectivity index is 2.33. The Morgan fingerprint density at radius 2 is 2.10 bits per heavy atom. The molecule has 0 spiro atoms. The van der Waals surface area contributed by atoms with Crippen molar-refractivity contribution in [1.29, 1.82) is 0 Å². The molecule has 0 radical (unpaired) electrons. The van der Waals surface area contributed by atoms with Crippen LogP contribution in [-0.2, 0) is 0 Å². The van der Waals surface area contributed by atoms with Crippen molar-refractivity contribution in [3.8, 4) is 0 Å². The maximum Gasteiger partial charge on any atom is 0.258 e. The van der Waals surface area contributed by atoms with Crippen molar-refractivity contribution in [1.82, 2.24) is 0 Å². The first-order valence-corrected chi connectivity index (χ1v) is 6.88. The monoisotopic (exact) mass is 356 g/mol. The number of amides is 1. The van der Waals surface area contributed by atoms with Crippen LogP contribution in [0.3, 0.4) is 0 Å². The summed E-state index contributed by atoms with van der Waals surface area (Å²) in [6.45, 7) is 1.78. The van der Waals surface area contributed by atoms with Gasteiger partial charge in [-0.15, -0.1) is 0 Å². The van der Waals surface area contributed by atoms with Gasteiger partial charge in [-0.3, -0.25) is 4.79 Å². The predicted octanol–water partition coefficient (Wildman–Crippen LogP) is 4.38. The highest BCUT2D eigenvalue weighted by Gasteiger charge is 2.15. The number of nitrogen functional groups attached to an aromatic ring is 1. The lowest BCUT2D eigenvalue weighted by atomic mass is 10.1. The van der Waals surface area contributed by atoms with Gasteiger partial charge in [-0.1, -0.05) is 17.7 Å². The summed E-state index contributed by atoms with van der Waals surface area (Å²) in [5.41, 5.74) is 7.28. The summed E-state index contributed by atoms with van der Waals surface area (Å²) in [5, 5.41) is 2.96. The van der Waals surface area contributed by atoms with E-state index in [4.69, 9.17) is 17.3 Å². The van der Waals surface area contributed by atoms with Gasteiger partial charge in [-0.2, -0.15) is 0 Å². The molecule has 1 amide bonds. The van der Waals surface area contributed by atoms with Crippen LogP contribution in [0.2, 0.25) is 5.02 Å². The van der Waals surface area contributed by atoms with E-state index in [1.165, 1.54) is 12.1 Å². The Hall–Kier alpha value is -1.59. The fourth-order valence-electron chi connectivity index (χ4n) is 1.71. The van der Waals surface area contributed by atoms with Gasteiger partial charge in [0.05, 0.1) is 20.7 Å². The lowest BCUT2D eigenvalue weighted by Crippen LogP contribution is -2.15. The van der Waals surface area contributed by atoms with Gasteiger partial charge >= 0.3 is 0 Å². The van der Waals surface area contributed by atoms with Crippen LogP contribution < -0.4 is 11.1 Å². The molecule has 3 N–H and O–H groups in total. The summed E-state index contributed by atoms with van der Waals surface area (Å²) in [4.78, 5) is 12.1. The van der Waals surface area contributed by atoms with Crippen LogP contribution in [0.4, 0.5) is 15.8 Å². The number of benzene rings is 2. The van der Waals surface area contributed by atoms with Crippen LogP contribution in [0.5, 0.6) is 0 Å². The number of hydrogen-bond donors (Lipinski definition) is 2. The summed E-state index contributed by atoms with van der Waals surface area (Å²) in [5.74, 6) is -1.16. The van der Waals surface area contributed by atoms with E-state index in [0.29, 0.717) is 16.4 Å². The summed E-state index contributed by atoms with van der Waals surface area (Å²) in [6, 6.07) is 7.71. The number of carbonyl (C=O) groups excluding carboxylic acids is 1. The van der Waals surface area contributed by atoms with Crippen LogP contribution in [0.1, 0.15) is 15.9 Å². The number of nitrogens with one attached hydrogen (secondary N) is 1. The van der Waals surface area contributed by atoms with E-state index < -0.39 is 11.7 Å². The number of anilines is 2. The van der Waals surface area contributed by atoms with Gasteiger partial charge < -0.3 is 11.1 Å². The van der Waals surface area contributed by atoms with E-state index in [2.05, 4.69) is 21.2 Å². The molecule has 2 aromatic rings. The molecule has 0 heterocycles. The van der Waals surface area contributed by atoms with Gasteiger partial charge in [-0.25, -0.2) is 4.39 Å². The lowest BCUT2D eigenvalue weighted by Gasteiger charge is -2.11. The molecule has 0 bridgehead atoms. The standard InChI is InChI=1S/C14H11BrClFN2O/c1-7-5-11(18)10(16)6-12(7)19-14(20)8-3-2-4-9(15)13(8)17/h2-6H,18H2,1H3,(H,19,20). The Labute approximate surface area is 129 Å². The molecule has 0 saturated heterocycles. The Morgan fingerprint density at radius 3 is 2.80 bits per heavy atom. The quantitative estimate of drug-likeness (QED) is 0.783. The Bertz CT molecular complexity index is 691. The van der Waals surface area contributed by atoms with Crippen molar-refractivity contribution in [2.45, 2.75) is 6.92 Å². The third kappa shape index (κ3) is 2.94. The molecule has 0 fully saturated rings. The van der Waals surface area contributed by atoms with Gasteiger partial charge in [0.2, 0.25) is 0 Å². The van der Waals surface area contributed by atoms with Gasteiger partial charge in [0.1, 0.15) is 5.82 Å². The molecular formula is C14H11BrClFN2O. The molecular weight excluding hydrogens is 347 g/mol. The molecule has 104 valence electrons. The van der Waals surface area contributed by atoms with Crippen molar-refractivity contribution in [3.63, 3.8) is 0 Å². The number of rotatable bonds is 2. The largest absolute Gasteiger partial charge is 0.398 e. The molecule has 20 heavy (non-hydrogen) atoms. The minimum Gasteiger partial charge on any atom is -0.398 e. The van der Waals surface area contributed by atoms with Gasteiger partial charge in [0.15, 0.2) is 0 Å².